The third-order valence-corrected chi connectivity index (χ3v) is 3.57. The zero-order valence-electron chi connectivity index (χ0n) is 9.17. The van der Waals surface area contributed by atoms with Gasteiger partial charge in [-0.05, 0) is 25.7 Å². The van der Waals surface area contributed by atoms with Crippen molar-refractivity contribution in [3.63, 3.8) is 0 Å². The van der Waals surface area contributed by atoms with Crippen molar-refractivity contribution in [1.82, 2.24) is 4.90 Å². The van der Waals surface area contributed by atoms with Crippen LogP contribution in [0.4, 0.5) is 0 Å². The summed E-state index contributed by atoms with van der Waals surface area (Å²) in [4.78, 5) is 2.45. The molecule has 0 aromatic rings. The predicted molar refractivity (Wildman–Crippen MR) is 57.2 cm³/mol. The molecule has 0 radical (unpaired) electrons. The Morgan fingerprint density at radius 1 is 1.50 bits per heavy atom. The number of nitrogens with two attached hydrogens (primary N) is 1. The van der Waals surface area contributed by atoms with E-state index in [0.29, 0.717) is 6.10 Å². The fourth-order valence-electron chi connectivity index (χ4n) is 2.42. The maximum atomic E-state index is 6.10. The number of hydrogen-bond acceptors (Lipinski definition) is 3. The van der Waals surface area contributed by atoms with Crippen molar-refractivity contribution >= 4 is 0 Å². The highest BCUT2D eigenvalue weighted by Crippen LogP contribution is 2.23. The molecule has 0 aliphatic carbocycles. The summed E-state index contributed by atoms with van der Waals surface area (Å²) in [6.07, 6.45) is 5.34. The molecular weight excluding hydrogens is 176 g/mol. The summed E-state index contributed by atoms with van der Waals surface area (Å²) in [6.45, 7) is 6.48. The first-order valence-electron chi connectivity index (χ1n) is 5.85. The Kier molecular flexibility index (Phi) is 3.10. The molecule has 1 unspecified atom stereocenters. The SMILES string of the molecule is CCC1(N)CN(CCC2CCCO2)C1. The van der Waals surface area contributed by atoms with Crippen molar-refractivity contribution in [2.24, 2.45) is 5.73 Å². The maximum absolute atomic E-state index is 6.10. The minimum Gasteiger partial charge on any atom is -0.378 e. The van der Waals surface area contributed by atoms with Crippen molar-refractivity contribution in [3.8, 4) is 0 Å². The van der Waals surface area contributed by atoms with Gasteiger partial charge in [0, 0.05) is 31.8 Å². The molecular formula is C11H22N2O. The van der Waals surface area contributed by atoms with Crippen LogP contribution in [0.5, 0.6) is 0 Å². The standard InChI is InChI=1S/C11H22N2O/c1-2-11(12)8-13(9-11)6-5-10-4-3-7-14-10/h10H,2-9,12H2,1H3. The average molecular weight is 198 g/mol. The molecule has 0 aromatic heterocycles. The number of hydrogen-bond donors (Lipinski definition) is 1. The minimum atomic E-state index is 0.122. The summed E-state index contributed by atoms with van der Waals surface area (Å²) in [5, 5.41) is 0. The van der Waals surface area contributed by atoms with E-state index < -0.39 is 0 Å². The van der Waals surface area contributed by atoms with Gasteiger partial charge >= 0.3 is 0 Å². The van der Waals surface area contributed by atoms with E-state index in [1.165, 1.54) is 25.8 Å². The lowest BCUT2D eigenvalue weighted by Crippen LogP contribution is -2.67. The average Bonchev–Trinajstić information content (AvgIpc) is 2.63. The summed E-state index contributed by atoms with van der Waals surface area (Å²) in [6, 6.07) is 0. The van der Waals surface area contributed by atoms with Crippen molar-refractivity contribution in [1.29, 1.82) is 0 Å². The van der Waals surface area contributed by atoms with Gasteiger partial charge in [0.15, 0.2) is 0 Å². The Bertz CT molecular complexity index is 184. The number of likely N-dealkylation sites (tertiary alicyclic amines) is 1. The topological polar surface area (TPSA) is 38.5 Å². The molecule has 2 fully saturated rings. The van der Waals surface area contributed by atoms with E-state index in [2.05, 4.69) is 11.8 Å². The predicted octanol–water partition coefficient (Wildman–Crippen LogP) is 0.979. The summed E-state index contributed by atoms with van der Waals surface area (Å²) >= 11 is 0. The third-order valence-electron chi connectivity index (χ3n) is 3.57. The zero-order valence-corrected chi connectivity index (χ0v) is 9.17. The molecule has 0 spiro atoms. The lowest BCUT2D eigenvalue weighted by molar-refractivity contribution is 0.0403. The molecule has 14 heavy (non-hydrogen) atoms. The molecule has 0 saturated carbocycles. The fraction of sp³-hybridized carbons (Fsp3) is 1.00. The molecule has 2 aliphatic rings. The lowest BCUT2D eigenvalue weighted by Gasteiger charge is -2.47. The molecule has 0 amide bonds. The minimum absolute atomic E-state index is 0.122. The highest BCUT2D eigenvalue weighted by Gasteiger charge is 2.37. The van der Waals surface area contributed by atoms with Crippen molar-refractivity contribution in [3.05, 3.63) is 0 Å². The van der Waals surface area contributed by atoms with Gasteiger partial charge in [-0.1, -0.05) is 6.92 Å². The van der Waals surface area contributed by atoms with Gasteiger partial charge in [-0.25, -0.2) is 0 Å². The van der Waals surface area contributed by atoms with Crippen molar-refractivity contribution in [2.75, 3.05) is 26.2 Å². The van der Waals surface area contributed by atoms with Gasteiger partial charge in [0.1, 0.15) is 0 Å². The van der Waals surface area contributed by atoms with E-state index in [0.717, 1.165) is 26.1 Å². The van der Waals surface area contributed by atoms with Crippen LogP contribution in [0.1, 0.15) is 32.6 Å². The molecule has 2 saturated heterocycles. The van der Waals surface area contributed by atoms with E-state index in [1.807, 2.05) is 0 Å². The quantitative estimate of drug-likeness (QED) is 0.732. The Hall–Kier alpha value is -0.120. The summed E-state index contributed by atoms with van der Waals surface area (Å²) in [5.74, 6) is 0. The Morgan fingerprint density at radius 2 is 2.29 bits per heavy atom. The highest BCUT2D eigenvalue weighted by molar-refractivity contribution is 4.98. The fourth-order valence-corrected chi connectivity index (χ4v) is 2.42. The molecule has 3 nitrogen and oxygen atoms in total. The normalized spacial score (nSPS) is 31.7. The van der Waals surface area contributed by atoms with Crippen molar-refractivity contribution < 1.29 is 4.74 Å². The molecule has 2 rings (SSSR count). The van der Waals surface area contributed by atoms with Gasteiger partial charge in [-0.15, -0.1) is 0 Å². The second kappa shape index (κ2) is 4.17. The smallest absolute Gasteiger partial charge is 0.0588 e. The largest absolute Gasteiger partial charge is 0.378 e. The highest BCUT2D eigenvalue weighted by atomic mass is 16.5. The number of rotatable bonds is 4. The van der Waals surface area contributed by atoms with Gasteiger partial charge in [0.05, 0.1) is 6.10 Å². The molecule has 82 valence electrons. The van der Waals surface area contributed by atoms with Crippen LogP contribution in [0.25, 0.3) is 0 Å². The van der Waals surface area contributed by atoms with Gasteiger partial charge < -0.3 is 10.5 Å². The van der Waals surface area contributed by atoms with E-state index in [1.54, 1.807) is 0 Å². The monoisotopic (exact) mass is 198 g/mol. The lowest BCUT2D eigenvalue weighted by atomic mass is 9.88. The molecule has 0 bridgehead atoms. The number of nitrogens with zero attached hydrogens (tertiary/aromatic N) is 1. The van der Waals surface area contributed by atoms with Crippen LogP contribution in [0.3, 0.4) is 0 Å². The van der Waals surface area contributed by atoms with E-state index in [9.17, 15) is 0 Å². The Labute approximate surface area is 86.6 Å². The van der Waals surface area contributed by atoms with Crippen LogP contribution in [-0.4, -0.2) is 42.8 Å². The first-order valence-corrected chi connectivity index (χ1v) is 5.85. The van der Waals surface area contributed by atoms with Crippen LogP contribution in [0, 0.1) is 0 Å². The Morgan fingerprint density at radius 3 is 2.86 bits per heavy atom. The summed E-state index contributed by atoms with van der Waals surface area (Å²) < 4.78 is 5.59. The first kappa shape index (κ1) is 10.4. The zero-order chi connectivity index (χ0) is 10.0. The maximum Gasteiger partial charge on any atom is 0.0588 e. The van der Waals surface area contributed by atoms with Crippen LogP contribution < -0.4 is 5.73 Å². The molecule has 1 atom stereocenters. The first-order chi connectivity index (χ1) is 6.72. The third kappa shape index (κ3) is 2.27. The molecule has 2 heterocycles. The van der Waals surface area contributed by atoms with Gasteiger partial charge in [-0.2, -0.15) is 0 Å². The Balaban J connectivity index is 1.60. The van der Waals surface area contributed by atoms with Crippen LogP contribution in [-0.2, 0) is 4.74 Å². The second-order valence-electron chi connectivity index (χ2n) is 4.85. The van der Waals surface area contributed by atoms with Crippen molar-refractivity contribution in [2.45, 2.75) is 44.2 Å². The molecule has 0 aromatic carbocycles. The van der Waals surface area contributed by atoms with E-state index in [4.69, 9.17) is 10.5 Å². The molecule has 2 aliphatic heterocycles. The summed E-state index contributed by atoms with van der Waals surface area (Å²) in [7, 11) is 0. The van der Waals surface area contributed by atoms with Gasteiger partial charge in [0.2, 0.25) is 0 Å². The van der Waals surface area contributed by atoms with E-state index in [-0.39, 0.29) is 5.54 Å². The van der Waals surface area contributed by atoms with Crippen LogP contribution in [0.2, 0.25) is 0 Å². The van der Waals surface area contributed by atoms with Gasteiger partial charge in [-0.3, -0.25) is 4.90 Å². The van der Waals surface area contributed by atoms with Crippen LogP contribution in [0.15, 0.2) is 0 Å². The van der Waals surface area contributed by atoms with E-state index >= 15 is 0 Å². The summed E-state index contributed by atoms with van der Waals surface area (Å²) in [5.41, 5.74) is 6.22. The van der Waals surface area contributed by atoms with Gasteiger partial charge in [0.25, 0.3) is 0 Å². The molecule has 3 heteroatoms. The molecule has 2 N–H and O–H groups in total. The second-order valence-corrected chi connectivity index (χ2v) is 4.85. The van der Waals surface area contributed by atoms with Crippen LogP contribution >= 0.6 is 0 Å². The number of ether oxygens (including phenoxy) is 1.